The third-order valence-corrected chi connectivity index (χ3v) is 4.12. The Labute approximate surface area is 143 Å². The number of carbonyl (C=O) groups excluding carboxylic acids is 1. The molecule has 2 aromatic rings. The lowest BCUT2D eigenvalue weighted by Crippen LogP contribution is -2.14. The van der Waals surface area contributed by atoms with Crippen LogP contribution in [0.25, 0.3) is 0 Å². The lowest BCUT2D eigenvalue weighted by Gasteiger charge is -2.12. The van der Waals surface area contributed by atoms with Gasteiger partial charge < -0.3 is 5.32 Å². The standard InChI is InChI=1S/C15H10ClF3INO/c1-8-2-4-10(13(20)6-8)14(22)21-9-3-5-12(16)11(7-9)15(17,18)19/h2-7H,1H3,(H,21,22). The second kappa shape index (κ2) is 6.45. The molecule has 0 spiro atoms. The van der Waals surface area contributed by atoms with Gasteiger partial charge in [-0.2, -0.15) is 13.2 Å². The maximum Gasteiger partial charge on any atom is 0.417 e. The van der Waals surface area contributed by atoms with Crippen molar-refractivity contribution in [1.29, 1.82) is 0 Å². The molecule has 2 nitrogen and oxygen atoms in total. The minimum Gasteiger partial charge on any atom is -0.322 e. The van der Waals surface area contributed by atoms with Gasteiger partial charge in [-0.15, -0.1) is 0 Å². The van der Waals surface area contributed by atoms with Crippen molar-refractivity contribution in [3.63, 3.8) is 0 Å². The van der Waals surface area contributed by atoms with E-state index in [4.69, 9.17) is 11.6 Å². The van der Waals surface area contributed by atoms with Gasteiger partial charge >= 0.3 is 6.18 Å². The molecule has 0 unspecified atom stereocenters. The molecule has 0 heterocycles. The molecule has 0 radical (unpaired) electrons. The zero-order valence-electron chi connectivity index (χ0n) is 11.3. The molecular weight excluding hydrogens is 430 g/mol. The minimum absolute atomic E-state index is 0.0399. The average molecular weight is 440 g/mol. The van der Waals surface area contributed by atoms with Crippen LogP contribution in [0.5, 0.6) is 0 Å². The molecule has 22 heavy (non-hydrogen) atoms. The molecule has 1 N–H and O–H groups in total. The van der Waals surface area contributed by atoms with Crippen LogP contribution in [0, 0.1) is 10.5 Å². The molecule has 0 saturated carbocycles. The number of rotatable bonds is 2. The third kappa shape index (κ3) is 3.92. The van der Waals surface area contributed by atoms with Crippen molar-refractivity contribution in [2.75, 3.05) is 5.32 Å². The number of aryl methyl sites for hydroxylation is 1. The van der Waals surface area contributed by atoms with Gasteiger partial charge in [-0.1, -0.05) is 23.2 Å². The Balaban J connectivity index is 2.29. The van der Waals surface area contributed by atoms with E-state index >= 15 is 0 Å². The van der Waals surface area contributed by atoms with Crippen molar-refractivity contribution in [2.24, 2.45) is 0 Å². The number of alkyl halides is 3. The Hall–Kier alpha value is -1.28. The summed E-state index contributed by atoms with van der Waals surface area (Å²) in [6.07, 6.45) is -4.57. The first kappa shape index (κ1) is 17.1. The second-order valence-electron chi connectivity index (χ2n) is 4.63. The van der Waals surface area contributed by atoms with E-state index in [1.165, 1.54) is 6.07 Å². The molecule has 0 bridgehead atoms. The third-order valence-electron chi connectivity index (χ3n) is 2.90. The van der Waals surface area contributed by atoms with Gasteiger partial charge in [0.15, 0.2) is 0 Å². The number of hydrogen-bond donors (Lipinski definition) is 1. The molecule has 116 valence electrons. The summed E-state index contributed by atoms with van der Waals surface area (Å²) < 4.78 is 39.1. The number of carbonyl (C=O) groups is 1. The highest BCUT2D eigenvalue weighted by molar-refractivity contribution is 14.1. The smallest absolute Gasteiger partial charge is 0.322 e. The molecule has 0 atom stereocenters. The largest absolute Gasteiger partial charge is 0.417 e. The molecule has 0 aliphatic rings. The molecule has 0 aromatic heterocycles. The molecule has 1 amide bonds. The monoisotopic (exact) mass is 439 g/mol. The van der Waals surface area contributed by atoms with Gasteiger partial charge in [-0.3, -0.25) is 4.79 Å². The van der Waals surface area contributed by atoms with Crippen LogP contribution in [0.4, 0.5) is 18.9 Å². The Kier molecular flexibility index (Phi) is 5.01. The molecule has 0 aliphatic carbocycles. The van der Waals surface area contributed by atoms with E-state index in [1.807, 2.05) is 35.6 Å². The van der Waals surface area contributed by atoms with Crippen LogP contribution in [-0.4, -0.2) is 5.91 Å². The topological polar surface area (TPSA) is 29.1 Å². The first-order valence-electron chi connectivity index (χ1n) is 6.13. The number of hydrogen-bond acceptors (Lipinski definition) is 1. The van der Waals surface area contributed by atoms with Gasteiger partial charge in [0.2, 0.25) is 0 Å². The number of benzene rings is 2. The zero-order valence-corrected chi connectivity index (χ0v) is 14.2. The molecule has 0 aliphatic heterocycles. The fraction of sp³-hybridized carbons (Fsp3) is 0.133. The fourth-order valence-corrected chi connectivity index (χ4v) is 2.96. The van der Waals surface area contributed by atoms with E-state index in [1.54, 1.807) is 12.1 Å². The fourth-order valence-electron chi connectivity index (χ4n) is 1.82. The van der Waals surface area contributed by atoms with Crippen molar-refractivity contribution in [2.45, 2.75) is 13.1 Å². The van der Waals surface area contributed by atoms with Crippen molar-refractivity contribution in [3.05, 3.63) is 61.7 Å². The van der Waals surface area contributed by atoms with E-state index in [2.05, 4.69) is 5.32 Å². The van der Waals surface area contributed by atoms with Gasteiger partial charge in [0.05, 0.1) is 16.1 Å². The minimum atomic E-state index is -4.57. The average Bonchev–Trinajstić information content (AvgIpc) is 2.39. The normalized spacial score (nSPS) is 11.4. The van der Waals surface area contributed by atoms with Gasteiger partial charge in [0.25, 0.3) is 5.91 Å². The summed E-state index contributed by atoms with van der Waals surface area (Å²) in [6, 6.07) is 8.48. The van der Waals surface area contributed by atoms with Crippen molar-refractivity contribution in [1.82, 2.24) is 0 Å². The summed E-state index contributed by atoms with van der Waals surface area (Å²) in [6.45, 7) is 1.89. The van der Waals surface area contributed by atoms with E-state index in [0.717, 1.165) is 21.3 Å². The van der Waals surface area contributed by atoms with Crippen molar-refractivity contribution < 1.29 is 18.0 Å². The summed E-state index contributed by atoms with van der Waals surface area (Å²) >= 11 is 7.55. The highest BCUT2D eigenvalue weighted by Crippen LogP contribution is 2.36. The highest BCUT2D eigenvalue weighted by Gasteiger charge is 2.33. The Morgan fingerprint density at radius 3 is 2.45 bits per heavy atom. The molecule has 2 aromatic carbocycles. The Morgan fingerprint density at radius 2 is 1.86 bits per heavy atom. The van der Waals surface area contributed by atoms with Crippen LogP contribution in [0.2, 0.25) is 5.02 Å². The Morgan fingerprint density at radius 1 is 1.18 bits per heavy atom. The van der Waals surface area contributed by atoms with Crippen LogP contribution < -0.4 is 5.32 Å². The number of anilines is 1. The lowest BCUT2D eigenvalue weighted by atomic mass is 10.1. The van der Waals surface area contributed by atoms with E-state index < -0.39 is 22.7 Å². The maximum absolute atomic E-state index is 12.8. The summed E-state index contributed by atoms with van der Waals surface area (Å²) in [4.78, 5) is 12.2. The van der Waals surface area contributed by atoms with E-state index in [0.29, 0.717) is 5.56 Å². The number of halogens is 5. The molecular formula is C15H10ClF3INO. The first-order valence-corrected chi connectivity index (χ1v) is 7.58. The van der Waals surface area contributed by atoms with Gasteiger partial charge in [-0.05, 0) is 59.8 Å². The SMILES string of the molecule is Cc1ccc(C(=O)Nc2ccc(Cl)c(C(F)(F)F)c2)c(I)c1. The summed E-state index contributed by atoms with van der Waals surface area (Å²) in [5, 5.41) is 2.05. The first-order chi connectivity index (χ1) is 10.2. The summed E-state index contributed by atoms with van der Waals surface area (Å²) in [5.41, 5.74) is 0.449. The van der Waals surface area contributed by atoms with Crippen LogP contribution in [-0.2, 0) is 6.18 Å². The molecule has 2 rings (SSSR count). The Bertz CT molecular complexity index is 731. The number of amides is 1. The van der Waals surface area contributed by atoms with Gasteiger partial charge in [-0.25, -0.2) is 0 Å². The van der Waals surface area contributed by atoms with Crippen LogP contribution in [0.1, 0.15) is 21.5 Å². The summed E-state index contributed by atoms with van der Waals surface area (Å²) in [5.74, 6) is -0.472. The second-order valence-corrected chi connectivity index (χ2v) is 6.20. The zero-order chi connectivity index (χ0) is 16.5. The maximum atomic E-state index is 12.8. The number of nitrogens with one attached hydrogen (secondary N) is 1. The summed E-state index contributed by atoms with van der Waals surface area (Å²) in [7, 11) is 0. The quantitative estimate of drug-likeness (QED) is 0.613. The van der Waals surface area contributed by atoms with E-state index in [9.17, 15) is 18.0 Å². The lowest BCUT2D eigenvalue weighted by molar-refractivity contribution is -0.137. The van der Waals surface area contributed by atoms with Crippen LogP contribution in [0.3, 0.4) is 0 Å². The van der Waals surface area contributed by atoms with Crippen molar-refractivity contribution in [3.8, 4) is 0 Å². The predicted molar refractivity (Wildman–Crippen MR) is 88.3 cm³/mol. The highest BCUT2D eigenvalue weighted by atomic mass is 127. The van der Waals surface area contributed by atoms with Gasteiger partial charge in [0.1, 0.15) is 0 Å². The molecule has 7 heteroatoms. The van der Waals surface area contributed by atoms with Crippen LogP contribution in [0.15, 0.2) is 36.4 Å². The van der Waals surface area contributed by atoms with Crippen molar-refractivity contribution >= 4 is 45.8 Å². The molecule has 0 fully saturated rings. The van der Waals surface area contributed by atoms with Crippen LogP contribution >= 0.6 is 34.2 Å². The van der Waals surface area contributed by atoms with E-state index in [-0.39, 0.29) is 5.69 Å². The predicted octanol–water partition coefficient (Wildman–Crippen LogP) is 5.52. The molecule has 0 saturated heterocycles. The van der Waals surface area contributed by atoms with Gasteiger partial charge in [0, 0.05) is 9.26 Å².